The number of hydrogen-bond donors (Lipinski definition) is 1. The SMILES string of the molecule is c1ccc([C@@H]2CO[C@H](C3CC3)CN2)cc1. The van der Waals surface area contributed by atoms with Gasteiger partial charge in [-0.15, -0.1) is 0 Å². The standard InChI is InChI=1S/C13H17NO/c1-2-4-10(5-3-1)12-9-15-13(8-14-12)11-6-7-11/h1-5,11-14H,6-9H2/t12-,13-/m0/s1. The fraction of sp³-hybridized carbons (Fsp3) is 0.538. The van der Waals surface area contributed by atoms with Crippen molar-refractivity contribution in [2.75, 3.05) is 13.2 Å². The maximum absolute atomic E-state index is 5.91. The Balaban J connectivity index is 1.61. The Bertz CT molecular complexity index is 313. The summed E-state index contributed by atoms with van der Waals surface area (Å²) in [6, 6.07) is 11.0. The lowest BCUT2D eigenvalue weighted by Crippen LogP contribution is -2.42. The maximum Gasteiger partial charge on any atom is 0.0728 e. The Labute approximate surface area is 90.6 Å². The number of morpholine rings is 1. The van der Waals surface area contributed by atoms with Gasteiger partial charge < -0.3 is 10.1 Å². The maximum atomic E-state index is 5.91. The molecule has 1 aliphatic carbocycles. The van der Waals surface area contributed by atoms with Crippen LogP contribution in [0.2, 0.25) is 0 Å². The van der Waals surface area contributed by atoms with Crippen LogP contribution in [0.1, 0.15) is 24.4 Å². The fourth-order valence-electron chi connectivity index (χ4n) is 2.27. The van der Waals surface area contributed by atoms with E-state index in [1.54, 1.807) is 0 Å². The Morgan fingerprint density at radius 3 is 2.53 bits per heavy atom. The molecule has 1 aromatic carbocycles. The topological polar surface area (TPSA) is 21.3 Å². The third-order valence-electron chi connectivity index (χ3n) is 3.39. The number of rotatable bonds is 2. The first kappa shape index (κ1) is 9.37. The molecular formula is C13H17NO. The van der Waals surface area contributed by atoms with Crippen molar-refractivity contribution in [3.05, 3.63) is 35.9 Å². The van der Waals surface area contributed by atoms with Crippen LogP contribution in [0.5, 0.6) is 0 Å². The van der Waals surface area contributed by atoms with Gasteiger partial charge >= 0.3 is 0 Å². The second-order valence-electron chi connectivity index (χ2n) is 4.58. The third-order valence-corrected chi connectivity index (χ3v) is 3.39. The summed E-state index contributed by atoms with van der Waals surface area (Å²) >= 11 is 0. The van der Waals surface area contributed by atoms with Crippen LogP contribution in [-0.2, 0) is 4.74 Å². The molecule has 1 aliphatic heterocycles. The molecule has 1 aromatic rings. The van der Waals surface area contributed by atoms with Crippen molar-refractivity contribution in [1.29, 1.82) is 0 Å². The molecule has 1 heterocycles. The van der Waals surface area contributed by atoms with Gasteiger partial charge in [-0.25, -0.2) is 0 Å². The zero-order valence-corrected chi connectivity index (χ0v) is 8.86. The van der Waals surface area contributed by atoms with Gasteiger partial charge in [-0.1, -0.05) is 30.3 Å². The molecule has 2 nitrogen and oxygen atoms in total. The van der Waals surface area contributed by atoms with Crippen LogP contribution in [0.3, 0.4) is 0 Å². The fourth-order valence-corrected chi connectivity index (χ4v) is 2.27. The van der Waals surface area contributed by atoms with Crippen LogP contribution in [0.4, 0.5) is 0 Å². The number of nitrogens with one attached hydrogen (secondary N) is 1. The molecule has 0 unspecified atom stereocenters. The second-order valence-corrected chi connectivity index (χ2v) is 4.58. The predicted molar refractivity (Wildman–Crippen MR) is 59.6 cm³/mol. The molecule has 1 saturated heterocycles. The van der Waals surface area contributed by atoms with Gasteiger partial charge in [-0.2, -0.15) is 0 Å². The highest BCUT2D eigenvalue weighted by Crippen LogP contribution is 2.36. The third kappa shape index (κ3) is 2.06. The average Bonchev–Trinajstić information content (AvgIpc) is 3.15. The van der Waals surface area contributed by atoms with E-state index in [2.05, 4.69) is 35.6 Å². The number of hydrogen-bond acceptors (Lipinski definition) is 2. The Morgan fingerprint density at radius 2 is 1.93 bits per heavy atom. The van der Waals surface area contributed by atoms with Gasteiger partial charge in [0.25, 0.3) is 0 Å². The summed E-state index contributed by atoms with van der Waals surface area (Å²) in [5.74, 6) is 0.842. The van der Waals surface area contributed by atoms with Crippen LogP contribution < -0.4 is 5.32 Å². The minimum atomic E-state index is 0.390. The molecule has 2 aliphatic rings. The first-order chi connectivity index (χ1) is 7.43. The molecule has 3 rings (SSSR count). The largest absolute Gasteiger partial charge is 0.375 e. The van der Waals surface area contributed by atoms with Crippen molar-refractivity contribution in [2.45, 2.75) is 25.0 Å². The molecule has 0 radical (unpaired) electrons. The highest BCUT2D eigenvalue weighted by molar-refractivity contribution is 5.19. The Kier molecular flexibility index (Phi) is 2.47. The normalized spacial score (nSPS) is 31.5. The van der Waals surface area contributed by atoms with Gasteiger partial charge in [0.1, 0.15) is 0 Å². The van der Waals surface area contributed by atoms with Crippen molar-refractivity contribution in [2.24, 2.45) is 5.92 Å². The summed E-state index contributed by atoms with van der Waals surface area (Å²) < 4.78 is 5.91. The van der Waals surface area contributed by atoms with E-state index in [1.165, 1.54) is 18.4 Å². The van der Waals surface area contributed by atoms with Crippen LogP contribution in [0.15, 0.2) is 30.3 Å². The van der Waals surface area contributed by atoms with Crippen molar-refractivity contribution >= 4 is 0 Å². The van der Waals surface area contributed by atoms with Gasteiger partial charge in [0.05, 0.1) is 18.8 Å². The number of ether oxygens (including phenoxy) is 1. The van der Waals surface area contributed by atoms with Crippen molar-refractivity contribution in [3.8, 4) is 0 Å². The van der Waals surface area contributed by atoms with Gasteiger partial charge in [0, 0.05) is 6.54 Å². The molecule has 15 heavy (non-hydrogen) atoms. The highest BCUT2D eigenvalue weighted by atomic mass is 16.5. The average molecular weight is 203 g/mol. The summed E-state index contributed by atoms with van der Waals surface area (Å²) in [6.07, 6.45) is 3.20. The van der Waals surface area contributed by atoms with Crippen molar-refractivity contribution in [1.82, 2.24) is 5.32 Å². The summed E-state index contributed by atoms with van der Waals surface area (Å²) in [4.78, 5) is 0. The zero-order chi connectivity index (χ0) is 10.1. The van der Waals surface area contributed by atoms with E-state index in [0.717, 1.165) is 19.1 Å². The lowest BCUT2D eigenvalue weighted by molar-refractivity contribution is -0.00857. The van der Waals surface area contributed by atoms with Gasteiger partial charge in [-0.05, 0) is 24.3 Å². The molecule has 2 heteroatoms. The zero-order valence-electron chi connectivity index (χ0n) is 8.86. The number of benzene rings is 1. The minimum absolute atomic E-state index is 0.390. The summed E-state index contributed by atoms with van der Waals surface area (Å²) in [6.45, 7) is 1.84. The Hall–Kier alpha value is -0.860. The molecule has 1 N–H and O–H groups in total. The molecule has 1 saturated carbocycles. The quantitative estimate of drug-likeness (QED) is 0.795. The molecule has 2 fully saturated rings. The van der Waals surface area contributed by atoms with E-state index < -0.39 is 0 Å². The molecule has 80 valence electrons. The van der Waals surface area contributed by atoms with E-state index >= 15 is 0 Å². The van der Waals surface area contributed by atoms with Crippen molar-refractivity contribution in [3.63, 3.8) is 0 Å². The van der Waals surface area contributed by atoms with Crippen LogP contribution in [0.25, 0.3) is 0 Å². The molecule has 2 atom stereocenters. The first-order valence-corrected chi connectivity index (χ1v) is 5.83. The lowest BCUT2D eigenvalue weighted by Gasteiger charge is -2.30. The van der Waals surface area contributed by atoms with E-state index in [4.69, 9.17) is 4.74 Å². The smallest absolute Gasteiger partial charge is 0.0728 e. The van der Waals surface area contributed by atoms with E-state index in [-0.39, 0.29) is 0 Å². The Morgan fingerprint density at radius 1 is 1.13 bits per heavy atom. The molecule has 0 aromatic heterocycles. The van der Waals surface area contributed by atoms with Crippen molar-refractivity contribution < 1.29 is 4.74 Å². The van der Waals surface area contributed by atoms with E-state index in [9.17, 15) is 0 Å². The van der Waals surface area contributed by atoms with Gasteiger partial charge in [0.15, 0.2) is 0 Å². The molecule has 0 amide bonds. The summed E-state index contributed by atoms with van der Waals surface area (Å²) in [5, 5.41) is 3.58. The van der Waals surface area contributed by atoms with E-state index in [1.807, 2.05) is 0 Å². The molecule has 0 bridgehead atoms. The summed E-state index contributed by atoms with van der Waals surface area (Å²) in [5.41, 5.74) is 1.34. The van der Waals surface area contributed by atoms with Gasteiger partial charge in [0.2, 0.25) is 0 Å². The van der Waals surface area contributed by atoms with Crippen LogP contribution in [0, 0.1) is 5.92 Å². The monoisotopic (exact) mass is 203 g/mol. The predicted octanol–water partition coefficient (Wildman–Crippen LogP) is 2.13. The lowest BCUT2D eigenvalue weighted by atomic mass is 10.1. The van der Waals surface area contributed by atoms with Crippen LogP contribution >= 0.6 is 0 Å². The van der Waals surface area contributed by atoms with E-state index in [0.29, 0.717) is 12.1 Å². The highest BCUT2D eigenvalue weighted by Gasteiger charge is 2.35. The summed E-state index contributed by atoms with van der Waals surface area (Å²) in [7, 11) is 0. The minimum Gasteiger partial charge on any atom is -0.375 e. The first-order valence-electron chi connectivity index (χ1n) is 5.83. The second kappa shape index (κ2) is 3.95. The molecule has 0 spiro atoms. The molecular weight excluding hydrogens is 186 g/mol. The van der Waals surface area contributed by atoms with Crippen LogP contribution in [-0.4, -0.2) is 19.3 Å². The van der Waals surface area contributed by atoms with Gasteiger partial charge in [-0.3, -0.25) is 0 Å².